The summed E-state index contributed by atoms with van der Waals surface area (Å²) in [6, 6.07) is 9.60. The van der Waals surface area contributed by atoms with Gasteiger partial charge in [0.25, 0.3) is 5.56 Å². The van der Waals surface area contributed by atoms with Gasteiger partial charge in [0.1, 0.15) is 0 Å². The molecule has 5 heteroatoms. The maximum Gasteiger partial charge on any atom is 0.251 e. The van der Waals surface area contributed by atoms with Gasteiger partial charge in [-0.25, -0.2) is 0 Å². The topological polar surface area (TPSA) is 38.1 Å². The first-order valence-electron chi connectivity index (χ1n) is 7.59. The van der Waals surface area contributed by atoms with Crippen molar-refractivity contribution in [2.24, 2.45) is 0 Å². The maximum absolute atomic E-state index is 11.8. The van der Waals surface area contributed by atoms with E-state index in [2.05, 4.69) is 29.9 Å². The Morgan fingerprint density at radius 2 is 2.23 bits per heavy atom. The minimum atomic E-state index is 0.110. The lowest BCUT2D eigenvalue weighted by Crippen LogP contribution is -2.31. The molecular formula is C17H21N3OS. The Balaban J connectivity index is 1.53. The molecule has 1 atom stereocenters. The highest BCUT2D eigenvalue weighted by atomic mass is 32.2. The predicted octanol–water partition coefficient (Wildman–Crippen LogP) is 2.20. The highest BCUT2D eigenvalue weighted by Crippen LogP contribution is 2.30. The number of likely N-dealkylation sites (N-methyl/N-ethyl adjacent to an activating group) is 1. The molecule has 1 unspecified atom stereocenters. The number of pyridine rings is 2. The average Bonchev–Trinajstić information content (AvgIpc) is 2.90. The molecule has 0 saturated carbocycles. The molecule has 3 heterocycles. The van der Waals surface area contributed by atoms with E-state index in [-0.39, 0.29) is 5.56 Å². The summed E-state index contributed by atoms with van der Waals surface area (Å²) >= 11 is 1.81. The first-order chi connectivity index (χ1) is 10.6. The number of aryl methyl sites for hydroxylation is 1. The molecule has 0 spiro atoms. The van der Waals surface area contributed by atoms with Crippen molar-refractivity contribution in [3.8, 4) is 0 Å². The van der Waals surface area contributed by atoms with Gasteiger partial charge in [0.05, 0.1) is 5.03 Å². The highest BCUT2D eigenvalue weighted by molar-refractivity contribution is 8.00. The molecule has 3 rings (SSSR count). The van der Waals surface area contributed by atoms with E-state index in [0.717, 1.165) is 31.1 Å². The van der Waals surface area contributed by atoms with E-state index in [4.69, 9.17) is 0 Å². The zero-order valence-corrected chi connectivity index (χ0v) is 13.8. The van der Waals surface area contributed by atoms with Crippen LogP contribution >= 0.6 is 11.8 Å². The second-order valence-corrected chi connectivity index (χ2v) is 7.15. The second kappa shape index (κ2) is 6.67. The van der Waals surface area contributed by atoms with Gasteiger partial charge in [0.15, 0.2) is 0 Å². The van der Waals surface area contributed by atoms with Crippen LogP contribution in [0, 0.1) is 6.92 Å². The Morgan fingerprint density at radius 1 is 1.36 bits per heavy atom. The van der Waals surface area contributed by atoms with E-state index in [1.54, 1.807) is 6.07 Å². The number of thioether (sulfide) groups is 1. The molecule has 0 saturated heterocycles. The Morgan fingerprint density at radius 3 is 3.00 bits per heavy atom. The fraction of sp³-hybridized carbons (Fsp3) is 0.412. The van der Waals surface area contributed by atoms with E-state index in [0.29, 0.717) is 5.25 Å². The van der Waals surface area contributed by atoms with Crippen LogP contribution in [0.25, 0.3) is 0 Å². The van der Waals surface area contributed by atoms with Gasteiger partial charge >= 0.3 is 0 Å². The summed E-state index contributed by atoms with van der Waals surface area (Å²) in [5, 5.41) is 1.54. The smallest absolute Gasteiger partial charge is 0.251 e. The van der Waals surface area contributed by atoms with Gasteiger partial charge < -0.3 is 9.47 Å². The number of nitrogens with zero attached hydrogens (tertiary/aromatic N) is 3. The van der Waals surface area contributed by atoms with Gasteiger partial charge in [0, 0.05) is 49.3 Å². The monoisotopic (exact) mass is 315 g/mol. The van der Waals surface area contributed by atoms with Crippen LogP contribution in [0.2, 0.25) is 0 Å². The standard InChI is InChI=1S/C17H21N3OS/c1-13-5-4-9-18-15(13)8-10-19(2)11-14-12-20-16(21)6-3-7-17(20)22-14/h3-7,9,14H,8,10-12H2,1-2H3. The molecule has 0 bridgehead atoms. The molecule has 4 nitrogen and oxygen atoms in total. The Labute approximate surface area is 135 Å². The lowest BCUT2D eigenvalue weighted by atomic mass is 10.1. The van der Waals surface area contributed by atoms with Crippen LogP contribution in [0.15, 0.2) is 46.3 Å². The lowest BCUT2D eigenvalue weighted by Gasteiger charge is -2.20. The molecular weight excluding hydrogens is 294 g/mol. The Hall–Kier alpha value is -1.59. The quantitative estimate of drug-likeness (QED) is 0.848. The third-order valence-electron chi connectivity index (χ3n) is 4.05. The van der Waals surface area contributed by atoms with E-state index >= 15 is 0 Å². The molecule has 0 fully saturated rings. The van der Waals surface area contributed by atoms with Gasteiger partial charge in [-0.15, -0.1) is 11.8 Å². The minimum absolute atomic E-state index is 0.110. The highest BCUT2D eigenvalue weighted by Gasteiger charge is 2.23. The molecule has 0 aromatic carbocycles. The number of rotatable bonds is 5. The molecule has 2 aromatic heterocycles. The van der Waals surface area contributed by atoms with Crippen LogP contribution in [-0.4, -0.2) is 39.8 Å². The van der Waals surface area contributed by atoms with Gasteiger partial charge in [-0.2, -0.15) is 0 Å². The molecule has 0 aliphatic carbocycles. The van der Waals surface area contributed by atoms with Crippen molar-refractivity contribution in [2.75, 3.05) is 20.1 Å². The SMILES string of the molecule is Cc1cccnc1CCN(C)CC1Cn2c(cccc2=O)S1. The zero-order chi connectivity index (χ0) is 15.5. The van der Waals surface area contributed by atoms with Gasteiger partial charge in [-0.05, 0) is 31.7 Å². The third kappa shape index (κ3) is 3.42. The number of aromatic nitrogens is 2. The number of hydrogen-bond donors (Lipinski definition) is 0. The predicted molar refractivity (Wildman–Crippen MR) is 90.5 cm³/mol. The van der Waals surface area contributed by atoms with Gasteiger partial charge in [-0.3, -0.25) is 9.78 Å². The first kappa shape index (κ1) is 15.3. The summed E-state index contributed by atoms with van der Waals surface area (Å²) < 4.78 is 1.88. The summed E-state index contributed by atoms with van der Waals surface area (Å²) in [7, 11) is 2.14. The van der Waals surface area contributed by atoms with Crippen molar-refractivity contribution >= 4 is 11.8 Å². The average molecular weight is 315 g/mol. The Bertz CT molecular complexity index is 713. The van der Waals surface area contributed by atoms with E-state index in [9.17, 15) is 4.79 Å². The largest absolute Gasteiger partial charge is 0.305 e. The molecule has 22 heavy (non-hydrogen) atoms. The molecule has 116 valence electrons. The molecule has 0 N–H and O–H groups in total. The molecule has 0 radical (unpaired) electrons. The van der Waals surface area contributed by atoms with Crippen LogP contribution in [0.1, 0.15) is 11.3 Å². The summed E-state index contributed by atoms with van der Waals surface area (Å²) in [5.74, 6) is 0. The van der Waals surface area contributed by atoms with Crippen molar-refractivity contribution in [1.29, 1.82) is 0 Å². The van der Waals surface area contributed by atoms with Crippen LogP contribution in [0.5, 0.6) is 0 Å². The second-order valence-electron chi connectivity index (χ2n) is 5.83. The third-order valence-corrected chi connectivity index (χ3v) is 5.28. The fourth-order valence-electron chi connectivity index (χ4n) is 2.81. The zero-order valence-electron chi connectivity index (χ0n) is 13.0. The lowest BCUT2D eigenvalue weighted by molar-refractivity contribution is 0.330. The molecule has 0 amide bonds. The van der Waals surface area contributed by atoms with E-state index in [1.165, 1.54) is 11.3 Å². The number of fused-ring (bicyclic) bond motifs is 1. The minimum Gasteiger partial charge on any atom is -0.305 e. The summed E-state index contributed by atoms with van der Waals surface area (Å²) in [6.45, 7) is 4.89. The Kier molecular flexibility index (Phi) is 4.64. The first-order valence-corrected chi connectivity index (χ1v) is 8.47. The van der Waals surface area contributed by atoms with Crippen molar-refractivity contribution in [3.63, 3.8) is 0 Å². The summed E-state index contributed by atoms with van der Waals surface area (Å²) in [4.78, 5) is 18.6. The number of hydrogen-bond acceptors (Lipinski definition) is 4. The van der Waals surface area contributed by atoms with Crippen LogP contribution in [-0.2, 0) is 13.0 Å². The van der Waals surface area contributed by atoms with Crippen LogP contribution in [0.3, 0.4) is 0 Å². The summed E-state index contributed by atoms with van der Waals surface area (Å²) in [6.07, 6.45) is 2.83. The molecule has 2 aromatic rings. The van der Waals surface area contributed by atoms with Gasteiger partial charge in [0.2, 0.25) is 0 Å². The molecule has 1 aliphatic rings. The van der Waals surface area contributed by atoms with Crippen molar-refractivity contribution in [1.82, 2.24) is 14.5 Å². The van der Waals surface area contributed by atoms with Crippen LogP contribution < -0.4 is 5.56 Å². The van der Waals surface area contributed by atoms with Crippen LogP contribution in [0.4, 0.5) is 0 Å². The van der Waals surface area contributed by atoms with Crippen molar-refractivity contribution < 1.29 is 0 Å². The summed E-state index contributed by atoms with van der Waals surface area (Å²) in [5.41, 5.74) is 2.54. The normalized spacial score (nSPS) is 17.0. The van der Waals surface area contributed by atoms with E-state index < -0.39 is 0 Å². The van der Waals surface area contributed by atoms with Crippen molar-refractivity contribution in [3.05, 3.63) is 58.1 Å². The van der Waals surface area contributed by atoms with Gasteiger partial charge in [-0.1, -0.05) is 12.1 Å². The van der Waals surface area contributed by atoms with Crippen molar-refractivity contribution in [2.45, 2.75) is 30.2 Å². The fourth-order valence-corrected chi connectivity index (χ4v) is 4.15. The van der Waals surface area contributed by atoms with E-state index in [1.807, 2.05) is 40.7 Å². The maximum atomic E-state index is 11.8. The molecule has 1 aliphatic heterocycles.